The maximum Gasteiger partial charge on any atom is 0.119 e. The normalized spacial score (nSPS) is 10.7. The monoisotopic (exact) mass is 253 g/mol. The molecule has 3 aromatic rings. The van der Waals surface area contributed by atoms with Crippen LogP contribution in [0.1, 0.15) is 5.82 Å². The molecule has 4 heteroatoms. The molecule has 1 heterocycles. The molecule has 3 rings (SSSR count). The molecule has 0 aliphatic rings. The Balaban J connectivity index is 1.61. The van der Waals surface area contributed by atoms with E-state index in [0.29, 0.717) is 6.61 Å². The van der Waals surface area contributed by atoms with Crippen LogP contribution in [0, 0.1) is 0 Å². The zero-order valence-corrected chi connectivity index (χ0v) is 10.5. The number of nitrogens with zero attached hydrogens (tertiary/aromatic N) is 1. The van der Waals surface area contributed by atoms with Crippen LogP contribution >= 0.6 is 0 Å². The van der Waals surface area contributed by atoms with Gasteiger partial charge in [0.25, 0.3) is 0 Å². The lowest BCUT2D eigenvalue weighted by molar-refractivity contribution is 0.319. The lowest BCUT2D eigenvalue weighted by atomic mass is 10.3. The van der Waals surface area contributed by atoms with Crippen LogP contribution in [0.3, 0.4) is 0 Å². The Hall–Kier alpha value is -2.49. The van der Waals surface area contributed by atoms with Gasteiger partial charge in [-0.05, 0) is 36.4 Å². The summed E-state index contributed by atoms with van der Waals surface area (Å²) >= 11 is 0. The van der Waals surface area contributed by atoms with Gasteiger partial charge in [0.1, 0.15) is 11.6 Å². The molecular weight excluding hydrogens is 238 g/mol. The van der Waals surface area contributed by atoms with E-state index in [4.69, 9.17) is 10.5 Å². The number of hydrogen-bond acceptors (Lipinski definition) is 3. The van der Waals surface area contributed by atoms with Gasteiger partial charge in [-0.3, -0.25) is 0 Å². The van der Waals surface area contributed by atoms with Crippen LogP contribution in [0.25, 0.3) is 11.0 Å². The van der Waals surface area contributed by atoms with Crippen molar-refractivity contribution in [3.8, 4) is 5.75 Å². The Labute approximate surface area is 111 Å². The molecule has 2 aromatic carbocycles. The zero-order chi connectivity index (χ0) is 13.1. The van der Waals surface area contributed by atoms with Gasteiger partial charge in [0.05, 0.1) is 17.6 Å². The van der Waals surface area contributed by atoms with Gasteiger partial charge in [0, 0.05) is 12.1 Å². The summed E-state index contributed by atoms with van der Waals surface area (Å²) in [6.07, 6.45) is 0.749. The molecule has 19 heavy (non-hydrogen) atoms. The molecule has 96 valence electrons. The summed E-state index contributed by atoms with van der Waals surface area (Å²) in [5, 5.41) is 0. The Morgan fingerprint density at radius 2 is 1.84 bits per heavy atom. The molecule has 0 aliphatic heterocycles. The average molecular weight is 253 g/mol. The first kappa shape index (κ1) is 11.6. The second-order valence-corrected chi connectivity index (χ2v) is 4.37. The molecule has 4 nitrogen and oxygen atoms in total. The van der Waals surface area contributed by atoms with Crippen molar-refractivity contribution in [3.05, 3.63) is 54.4 Å². The summed E-state index contributed by atoms with van der Waals surface area (Å²) in [6.45, 7) is 0.587. The maximum absolute atomic E-state index is 5.65. The van der Waals surface area contributed by atoms with Crippen molar-refractivity contribution < 1.29 is 4.74 Å². The van der Waals surface area contributed by atoms with Crippen LogP contribution in [-0.4, -0.2) is 16.6 Å². The molecule has 0 bridgehead atoms. The van der Waals surface area contributed by atoms with Crippen LogP contribution in [0.4, 0.5) is 5.69 Å². The number of hydrogen-bond donors (Lipinski definition) is 2. The number of ether oxygens (including phenoxy) is 1. The minimum atomic E-state index is 0.587. The van der Waals surface area contributed by atoms with Gasteiger partial charge in [0.2, 0.25) is 0 Å². The van der Waals surface area contributed by atoms with Crippen molar-refractivity contribution in [2.75, 3.05) is 12.3 Å². The summed E-state index contributed by atoms with van der Waals surface area (Å²) < 4.78 is 5.65. The lowest BCUT2D eigenvalue weighted by Crippen LogP contribution is -2.02. The van der Waals surface area contributed by atoms with Crippen molar-refractivity contribution >= 4 is 16.7 Å². The van der Waals surface area contributed by atoms with Crippen LogP contribution in [-0.2, 0) is 6.42 Å². The SMILES string of the molecule is Nc1ccc(OCCc2nc3ccccc3[nH]2)cc1. The average Bonchev–Trinajstić information content (AvgIpc) is 2.83. The Kier molecular flexibility index (Phi) is 3.06. The fourth-order valence-electron chi connectivity index (χ4n) is 1.95. The predicted molar refractivity (Wildman–Crippen MR) is 76.1 cm³/mol. The van der Waals surface area contributed by atoms with E-state index in [1.165, 1.54) is 0 Å². The highest BCUT2D eigenvalue weighted by molar-refractivity contribution is 5.74. The van der Waals surface area contributed by atoms with E-state index in [9.17, 15) is 0 Å². The van der Waals surface area contributed by atoms with Crippen molar-refractivity contribution in [1.29, 1.82) is 0 Å². The number of nitrogen functional groups attached to an aromatic ring is 1. The number of fused-ring (bicyclic) bond motifs is 1. The third-order valence-corrected chi connectivity index (χ3v) is 2.93. The highest BCUT2D eigenvalue weighted by Gasteiger charge is 2.02. The molecular formula is C15H15N3O. The van der Waals surface area contributed by atoms with Crippen LogP contribution in [0.2, 0.25) is 0 Å². The number of aromatic nitrogens is 2. The highest BCUT2D eigenvalue weighted by atomic mass is 16.5. The van der Waals surface area contributed by atoms with E-state index in [-0.39, 0.29) is 0 Å². The van der Waals surface area contributed by atoms with Gasteiger partial charge < -0.3 is 15.5 Å². The molecule has 0 amide bonds. The van der Waals surface area contributed by atoms with Crippen LogP contribution in [0.5, 0.6) is 5.75 Å². The van der Waals surface area contributed by atoms with Crippen molar-refractivity contribution in [3.63, 3.8) is 0 Å². The minimum Gasteiger partial charge on any atom is -0.493 e. The molecule has 0 radical (unpaired) electrons. The number of aromatic amines is 1. The second kappa shape index (κ2) is 5.02. The highest BCUT2D eigenvalue weighted by Crippen LogP contribution is 2.14. The van der Waals surface area contributed by atoms with Gasteiger partial charge >= 0.3 is 0 Å². The molecule has 0 atom stereocenters. The van der Waals surface area contributed by atoms with Gasteiger partial charge in [0.15, 0.2) is 0 Å². The largest absolute Gasteiger partial charge is 0.493 e. The Bertz CT molecular complexity index is 640. The second-order valence-electron chi connectivity index (χ2n) is 4.37. The van der Waals surface area contributed by atoms with Crippen molar-refractivity contribution in [2.24, 2.45) is 0 Å². The summed E-state index contributed by atoms with van der Waals surface area (Å²) in [5.74, 6) is 1.77. The number of imidazole rings is 1. The molecule has 0 unspecified atom stereocenters. The van der Waals surface area contributed by atoms with Gasteiger partial charge in [-0.2, -0.15) is 0 Å². The first-order valence-electron chi connectivity index (χ1n) is 6.23. The third kappa shape index (κ3) is 2.68. The number of benzene rings is 2. The van der Waals surface area contributed by atoms with E-state index < -0.39 is 0 Å². The lowest BCUT2D eigenvalue weighted by Gasteiger charge is -2.04. The van der Waals surface area contributed by atoms with E-state index in [1.807, 2.05) is 48.5 Å². The zero-order valence-electron chi connectivity index (χ0n) is 10.5. The van der Waals surface area contributed by atoms with E-state index in [1.54, 1.807) is 0 Å². The number of anilines is 1. The van der Waals surface area contributed by atoms with Crippen molar-refractivity contribution in [2.45, 2.75) is 6.42 Å². The number of nitrogens with one attached hydrogen (secondary N) is 1. The molecule has 0 saturated heterocycles. The molecule has 1 aromatic heterocycles. The van der Waals surface area contributed by atoms with Gasteiger partial charge in [-0.1, -0.05) is 12.1 Å². The number of para-hydroxylation sites is 2. The Morgan fingerprint density at radius 1 is 1.05 bits per heavy atom. The summed E-state index contributed by atoms with van der Waals surface area (Å²) in [6, 6.07) is 15.4. The molecule has 3 N–H and O–H groups in total. The summed E-state index contributed by atoms with van der Waals surface area (Å²) in [5.41, 5.74) is 8.41. The fraction of sp³-hybridized carbons (Fsp3) is 0.133. The molecule has 0 aliphatic carbocycles. The topological polar surface area (TPSA) is 63.9 Å². The quantitative estimate of drug-likeness (QED) is 0.703. The van der Waals surface area contributed by atoms with Crippen molar-refractivity contribution in [1.82, 2.24) is 9.97 Å². The molecule has 0 fully saturated rings. The van der Waals surface area contributed by atoms with Crippen LogP contribution < -0.4 is 10.5 Å². The fourth-order valence-corrected chi connectivity index (χ4v) is 1.95. The van der Waals surface area contributed by atoms with Gasteiger partial charge in [-0.25, -0.2) is 4.98 Å². The number of rotatable bonds is 4. The number of nitrogens with two attached hydrogens (primary N) is 1. The standard InChI is InChI=1S/C15H15N3O/c16-11-5-7-12(8-6-11)19-10-9-15-17-13-3-1-2-4-14(13)18-15/h1-8H,9-10,16H2,(H,17,18). The molecule has 0 spiro atoms. The van der Waals surface area contributed by atoms with Crippen LogP contribution in [0.15, 0.2) is 48.5 Å². The summed E-state index contributed by atoms with van der Waals surface area (Å²) in [4.78, 5) is 7.78. The first-order chi connectivity index (χ1) is 9.31. The van der Waals surface area contributed by atoms with E-state index in [0.717, 1.165) is 34.7 Å². The van der Waals surface area contributed by atoms with Gasteiger partial charge in [-0.15, -0.1) is 0 Å². The maximum atomic E-state index is 5.65. The third-order valence-electron chi connectivity index (χ3n) is 2.93. The van der Waals surface area contributed by atoms with E-state index in [2.05, 4.69) is 9.97 Å². The first-order valence-corrected chi connectivity index (χ1v) is 6.23. The minimum absolute atomic E-state index is 0.587. The number of H-pyrrole nitrogens is 1. The molecule has 0 saturated carbocycles. The predicted octanol–water partition coefficient (Wildman–Crippen LogP) is 2.77. The smallest absolute Gasteiger partial charge is 0.119 e. The summed E-state index contributed by atoms with van der Waals surface area (Å²) in [7, 11) is 0. The Morgan fingerprint density at radius 3 is 2.63 bits per heavy atom. The van der Waals surface area contributed by atoms with E-state index >= 15 is 0 Å².